The van der Waals surface area contributed by atoms with Gasteiger partial charge in [-0.2, -0.15) is 0 Å². The normalized spacial score (nSPS) is 17.7. The number of rotatable bonds is 7. The van der Waals surface area contributed by atoms with E-state index in [4.69, 9.17) is 4.74 Å². The van der Waals surface area contributed by atoms with Gasteiger partial charge in [-0.25, -0.2) is 0 Å². The molecule has 0 fully saturated rings. The zero-order valence-corrected chi connectivity index (χ0v) is 15.8. The number of ether oxygens (including phenoxy) is 1. The zero-order valence-electron chi connectivity index (χ0n) is 14.2. The number of halogens is 1. The van der Waals surface area contributed by atoms with Crippen LogP contribution in [0.1, 0.15) is 69.4 Å². The molecule has 23 heavy (non-hydrogen) atoms. The summed E-state index contributed by atoms with van der Waals surface area (Å²) in [5.74, 6) is 1.27. The Morgan fingerprint density at radius 3 is 2.87 bits per heavy atom. The van der Waals surface area contributed by atoms with Crippen molar-refractivity contribution in [3.05, 3.63) is 46.2 Å². The van der Waals surface area contributed by atoms with E-state index in [0.717, 1.165) is 53.5 Å². The van der Waals surface area contributed by atoms with Gasteiger partial charge in [-0.15, -0.1) is 0 Å². The van der Waals surface area contributed by atoms with Gasteiger partial charge in [-0.3, -0.25) is 0 Å². The number of aromatic hydroxyl groups is 1. The summed E-state index contributed by atoms with van der Waals surface area (Å²) >= 11 is 3.60. The van der Waals surface area contributed by atoms with Crippen molar-refractivity contribution in [1.82, 2.24) is 0 Å². The monoisotopic (exact) mass is 378 g/mol. The lowest BCUT2D eigenvalue weighted by Crippen LogP contribution is -2.06. The van der Waals surface area contributed by atoms with E-state index in [0.29, 0.717) is 5.75 Å². The Labute approximate surface area is 148 Å². The largest absolute Gasteiger partial charge is 0.506 e. The predicted octanol–water partition coefficient (Wildman–Crippen LogP) is 6.62. The van der Waals surface area contributed by atoms with E-state index >= 15 is 0 Å². The van der Waals surface area contributed by atoms with Crippen LogP contribution in [0.2, 0.25) is 0 Å². The van der Waals surface area contributed by atoms with Crippen LogP contribution in [0.3, 0.4) is 0 Å². The summed E-state index contributed by atoms with van der Waals surface area (Å²) in [6, 6.07) is 2.06. The number of phenolic OH excluding ortho intramolecular Hbond substituents is 1. The molecule has 1 N–H and O–H groups in total. The Morgan fingerprint density at radius 1 is 1.43 bits per heavy atom. The summed E-state index contributed by atoms with van der Waals surface area (Å²) < 4.78 is 6.48. The molecule has 2 rings (SSSR count). The molecule has 1 aliphatic rings. The molecular weight excluding hydrogens is 352 g/mol. The summed E-state index contributed by atoms with van der Waals surface area (Å²) in [6.07, 6.45) is 11.5. The number of phenols is 1. The van der Waals surface area contributed by atoms with Gasteiger partial charge in [0.2, 0.25) is 0 Å². The number of unbranched alkanes of at least 4 members (excludes halogenated alkanes) is 2. The Hall–Kier alpha value is -1.22. The second kappa shape index (κ2) is 8.58. The van der Waals surface area contributed by atoms with Gasteiger partial charge in [0.1, 0.15) is 11.5 Å². The van der Waals surface area contributed by atoms with Crippen LogP contribution < -0.4 is 4.74 Å². The molecule has 1 aromatic rings. The average molecular weight is 379 g/mol. The molecule has 0 spiro atoms. The highest BCUT2D eigenvalue weighted by Crippen LogP contribution is 2.46. The Morgan fingerprint density at radius 2 is 2.22 bits per heavy atom. The van der Waals surface area contributed by atoms with Crippen LogP contribution in [0.15, 0.2) is 35.0 Å². The van der Waals surface area contributed by atoms with Crippen molar-refractivity contribution < 1.29 is 9.84 Å². The highest BCUT2D eigenvalue weighted by molar-refractivity contribution is 9.10. The first-order chi connectivity index (χ1) is 11.1. The summed E-state index contributed by atoms with van der Waals surface area (Å²) in [5, 5.41) is 10.8. The standard InChI is InChI=1S/C20H27BrO2/c1-4-6-7-10-16-13-17(23-5-2)18(20(22)19(16)21)15-11-8-9-14(3)12-15/h5,12-13,15,22H,2,4,6-11H2,1,3H3. The number of hydrogen-bond acceptors (Lipinski definition) is 2. The maximum absolute atomic E-state index is 10.8. The van der Waals surface area contributed by atoms with Gasteiger partial charge in [0.15, 0.2) is 0 Å². The summed E-state index contributed by atoms with van der Waals surface area (Å²) in [4.78, 5) is 0. The van der Waals surface area contributed by atoms with Gasteiger partial charge in [0, 0.05) is 11.5 Å². The number of allylic oxidation sites excluding steroid dienone is 2. The van der Waals surface area contributed by atoms with Crippen molar-refractivity contribution in [3.8, 4) is 11.5 Å². The van der Waals surface area contributed by atoms with Gasteiger partial charge >= 0.3 is 0 Å². The summed E-state index contributed by atoms with van der Waals surface area (Å²) in [6.45, 7) is 8.04. The van der Waals surface area contributed by atoms with Crippen LogP contribution in [0.5, 0.6) is 11.5 Å². The fourth-order valence-corrected chi connectivity index (χ4v) is 3.84. The van der Waals surface area contributed by atoms with Crippen molar-refractivity contribution >= 4 is 15.9 Å². The molecule has 126 valence electrons. The maximum Gasteiger partial charge on any atom is 0.137 e. The van der Waals surface area contributed by atoms with E-state index in [2.05, 4.69) is 48.5 Å². The second-order valence-electron chi connectivity index (χ2n) is 6.36. The average Bonchev–Trinajstić information content (AvgIpc) is 2.52. The van der Waals surface area contributed by atoms with Crippen LogP contribution in [-0.2, 0) is 6.42 Å². The molecule has 0 aromatic heterocycles. The highest BCUT2D eigenvalue weighted by atomic mass is 79.9. The minimum absolute atomic E-state index is 0.208. The summed E-state index contributed by atoms with van der Waals surface area (Å²) in [7, 11) is 0. The lowest BCUT2D eigenvalue weighted by Gasteiger charge is -2.24. The SMILES string of the molecule is C=COc1cc(CCCCC)c(Br)c(O)c1C1C=C(C)CCC1. The van der Waals surface area contributed by atoms with E-state index < -0.39 is 0 Å². The molecule has 0 bridgehead atoms. The molecule has 0 aliphatic heterocycles. The number of hydrogen-bond donors (Lipinski definition) is 1. The van der Waals surface area contributed by atoms with Gasteiger partial charge in [-0.05, 0) is 66.6 Å². The van der Waals surface area contributed by atoms with Gasteiger partial charge in [0.25, 0.3) is 0 Å². The first-order valence-electron chi connectivity index (χ1n) is 8.57. The lowest BCUT2D eigenvalue weighted by molar-refractivity contribution is 0.430. The maximum atomic E-state index is 10.8. The fourth-order valence-electron chi connectivity index (χ4n) is 3.32. The van der Waals surface area contributed by atoms with Crippen molar-refractivity contribution in [2.24, 2.45) is 0 Å². The Bertz CT molecular complexity index is 590. The molecule has 3 heteroatoms. The molecular formula is C20H27BrO2. The molecule has 0 saturated carbocycles. The molecule has 0 heterocycles. The van der Waals surface area contributed by atoms with Gasteiger partial charge in [0.05, 0.1) is 10.7 Å². The zero-order chi connectivity index (χ0) is 16.8. The summed E-state index contributed by atoms with van der Waals surface area (Å²) in [5.41, 5.74) is 3.37. The molecule has 1 unspecified atom stereocenters. The number of aryl methyl sites for hydroxylation is 1. The van der Waals surface area contributed by atoms with Crippen molar-refractivity contribution in [3.63, 3.8) is 0 Å². The second-order valence-corrected chi connectivity index (χ2v) is 7.16. The van der Waals surface area contributed by atoms with E-state index in [-0.39, 0.29) is 5.92 Å². The molecule has 2 nitrogen and oxygen atoms in total. The van der Waals surface area contributed by atoms with Crippen molar-refractivity contribution in [2.75, 3.05) is 0 Å². The van der Waals surface area contributed by atoms with E-state index in [1.165, 1.54) is 24.7 Å². The smallest absolute Gasteiger partial charge is 0.137 e. The first-order valence-corrected chi connectivity index (χ1v) is 9.36. The van der Waals surface area contributed by atoms with Crippen LogP contribution in [-0.4, -0.2) is 5.11 Å². The van der Waals surface area contributed by atoms with Gasteiger partial charge in [-0.1, -0.05) is 38.0 Å². The molecule has 0 amide bonds. The van der Waals surface area contributed by atoms with Crippen molar-refractivity contribution in [1.29, 1.82) is 0 Å². The van der Waals surface area contributed by atoms with E-state index in [9.17, 15) is 5.11 Å². The predicted molar refractivity (Wildman–Crippen MR) is 100 cm³/mol. The quantitative estimate of drug-likeness (QED) is 0.328. The topological polar surface area (TPSA) is 29.5 Å². The first kappa shape index (κ1) is 18.1. The van der Waals surface area contributed by atoms with Crippen LogP contribution in [0.25, 0.3) is 0 Å². The molecule has 1 aliphatic carbocycles. The van der Waals surface area contributed by atoms with Gasteiger partial charge < -0.3 is 9.84 Å². The van der Waals surface area contributed by atoms with E-state index in [1.807, 2.05) is 0 Å². The molecule has 1 aromatic carbocycles. The highest BCUT2D eigenvalue weighted by Gasteiger charge is 2.24. The third kappa shape index (κ3) is 4.41. The van der Waals surface area contributed by atoms with Crippen LogP contribution >= 0.6 is 15.9 Å². The Kier molecular flexibility index (Phi) is 6.76. The molecule has 0 radical (unpaired) electrons. The minimum Gasteiger partial charge on any atom is -0.506 e. The molecule has 0 saturated heterocycles. The fraction of sp³-hybridized carbons (Fsp3) is 0.500. The third-order valence-corrected chi connectivity index (χ3v) is 5.40. The number of benzene rings is 1. The van der Waals surface area contributed by atoms with Crippen molar-refractivity contribution in [2.45, 2.75) is 64.7 Å². The van der Waals surface area contributed by atoms with Crippen LogP contribution in [0, 0.1) is 0 Å². The lowest BCUT2D eigenvalue weighted by atomic mass is 9.84. The third-order valence-electron chi connectivity index (χ3n) is 4.52. The van der Waals surface area contributed by atoms with Crippen LogP contribution in [0.4, 0.5) is 0 Å². The van der Waals surface area contributed by atoms with E-state index in [1.54, 1.807) is 0 Å². The minimum atomic E-state index is 0.208. The Balaban J connectivity index is 2.42. The molecule has 1 atom stereocenters.